The number of rotatable bonds is 9. The highest BCUT2D eigenvalue weighted by atomic mass is 32.1. The minimum Gasteiger partial charge on any atom is -0.497 e. The van der Waals surface area contributed by atoms with Gasteiger partial charge in [-0.05, 0) is 55.9 Å². The molecule has 3 aromatic heterocycles. The van der Waals surface area contributed by atoms with E-state index in [2.05, 4.69) is 32.0 Å². The van der Waals surface area contributed by atoms with Gasteiger partial charge in [0, 0.05) is 36.6 Å². The number of benzene rings is 1. The number of amides is 1. The molecule has 8 heteroatoms. The Kier molecular flexibility index (Phi) is 7.94. The third-order valence-corrected chi connectivity index (χ3v) is 8.08. The molecule has 3 heterocycles. The second-order valence-corrected chi connectivity index (χ2v) is 10.5. The van der Waals surface area contributed by atoms with Crippen LogP contribution < -0.4 is 10.1 Å². The first-order chi connectivity index (χ1) is 18.1. The minimum atomic E-state index is -0.00287. The number of aryl methyl sites for hydroxylation is 1. The van der Waals surface area contributed by atoms with E-state index in [0.717, 1.165) is 58.6 Å². The predicted octanol–water partition coefficient (Wildman–Crippen LogP) is 5.94. The Morgan fingerprint density at radius 2 is 1.95 bits per heavy atom. The smallest absolute Gasteiger partial charge is 0.253 e. The molecule has 37 heavy (non-hydrogen) atoms. The monoisotopic (exact) mass is 515 g/mol. The number of ether oxygens (including phenoxy) is 1. The lowest BCUT2D eigenvalue weighted by Crippen LogP contribution is -2.30. The van der Waals surface area contributed by atoms with E-state index in [4.69, 9.17) is 9.72 Å². The molecule has 1 fully saturated rings. The summed E-state index contributed by atoms with van der Waals surface area (Å²) < 4.78 is 7.51. The van der Waals surface area contributed by atoms with Crippen molar-refractivity contribution >= 4 is 17.2 Å². The zero-order valence-electron chi connectivity index (χ0n) is 21.4. The molecule has 1 aromatic carbocycles. The van der Waals surface area contributed by atoms with Gasteiger partial charge in [0.2, 0.25) is 0 Å². The van der Waals surface area contributed by atoms with Gasteiger partial charge in [-0.3, -0.25) is 14.8 Å². The van der Waals surface area contributed by atoms with E-state index in [9.17, 15) is 4.79 Å². The molecule has 1 aliphatic carbocycles. The summed E-state index contributed by atoms with van der Waals surface area (Å²) in [7, 11) is 1.68. The Labute approximate surface area is 222 Å². The van der Waals surface area contributed by atoms with Gasteiger partial charge in [-0.2, -0.15) is 0 Å². The molecule has 1 amide bonds. The lowest BCUT2D eigenvalue weighted by Gasteiger charge is -2.21. The highest BCUT2D eigenvalue weighted by Gasteiger charge is 2.22. The zero-order chi connectivity index (χ0) is 25.6. The summed E-state index contributed by atoms with van der Waals surface area (Å²) in [6.45, 7) is 3.52. The quantitative estimate of drug-likeness (QED) is 0.298. The number of methoxy groups -OCH3 is 1. The fourth-order valence-corrected chi connectivity index (χ4v) is 5.82. The first kappa shape index (κ1) is 25.1. The van der Waals surface area contributed by atoms with Crippen LogP contribution in [0.3, 0.4) is 0 Å². The van der Waals surface area contributed by atoms with Gasteiger partial charge in [-0.15, -0.1) is 11.3 Å². The fourth-order valence-electron chi connectivity index (χ4n) is 5.05. The number of nitrogens with one attached hydrogen (secondary N) is 1. The van der Waals surface area contributed by atoms with Crippen LogP contribution in [0.2, 0.25) is 0 Å². The molecule has 1 saturated carbocycles. The first-order valence-corrected chi connectivity index (χ1v) is 13.8. The van der Waals surface area contributed by atoms with Crippen LogP contribution in [0.4, 0.5) is 0 Å². The lowest BCUT2D eigenvalue weighted by atomic mass is 9.89. The minimum absolute atomic E-state index is 0.00287. The molecule has 1 N–H and O–H groups in total. The van der Waals surface area contributed by atoms with E-state index in [0.29, 0.717) is 5.92 Å². The largest absolute Gasteiger partial charge is 0.497 e. The Hall–Kier alpha value is -3.52. The van der Waals surface area contributed by atoms with Crippen LogP contribution in [0.1, 0.15) is 53.7 Å². The van der Waals surface area contributed by atoms with Crippen molar-refractivity contribution < 1.29 is 9.53 Å². The molecule has 5 rings (SSSR count). The summed E-state index contributed by atoms with van der Waals surface area (Å²) in [5, 5.41) is 6.06. The van der Waals surface area contributed by atoms with Crippen LogP contribution in [-0.2, 0) is 13.0 Å². The molecule has 4 aromatic rings. The molecule has 0 atom stereocenters. The fraction of sp³-hybridized carbons (Fsp3) is 0.379. The molecule has 0 saturated heterocycles. The SMILES string of the molecule is COc1ccc(CCn2c(-c3csc(-c4cnccn4)n3)cc(C(=O)NCC3CCCCC3)c2C)cc1. The van der Waals surface area contributed by atoms with Crippen LogP contribution in [0, 0.1) is 12.8 Å². The van der Waals surface area contributed by atoms with Gasteiger partial charge < -0.3 is 14.6 Å². The van der Waals surface area contributed by atoms with Crippen molar-refractivity contribution in [3.63, 3.8) is 0 Å². The molecule has 7 nitrogen and oxygen atoms in total. The molecule has 192 valence electrons. The maximum absolute atomic E-state index is 13.3. The average molecular weight is 516 g/mol. The molecule has 0 radical (unpaired) electrons. The normalized spacial score (nSPS) is 14.0. The topological polar surface area (TPSA) is 81.9 Å². The van der Waals surface area contributed by atoms with Crippen molar-refractivity contribution in [3.8, 4) is 27.8 Å². The summed E-state index contributed by atoms with van der Waals surface area (Å²) in [5.41, 5.74) is 5.42. The van der Waals surface area contributed by atoms with Gasteiger partial charge in [-0.25, -0.2) is 4.98 Å². The Morgan fingerprint density at radius 1 is 1.14 bits per heavy atom. The highest BCUT2D eigenvalue weighted by molar-refractivity contribution is 7.13. The van der Waals surface area contributed by atoms with Crippen molar-refractivity contribution in [1.82, 2.24) is 24.8 Å². The number of hydrogen-bond acceptors (Lipinski definition) is 6. The van der Waals surface area contributed by atoms with Crippen LogP contribution in [0.25, 0.3) is 22.1 Å². The van der Waals surface area contributed by atoms with Crippen LogP contribution in [0.15, 0.2) is 54.3 Å². The maximum atomic E-state index is 13.3. The number of thiazole rings is 1. The second kappa shape index (κ2) is 11.7. The number of nitrogens with zero attached hydrogens (tertiary/aromatic N) is 4. The van der Waals surface area contributed by atoms with Gasteiger partial charge in [0.05, 0.1) is 30.3 Å². The molecule has 0 aliphatic heterocycles. The summed E-state index contributed by atoms with van der Waals surface area (Å²) in [4.78, 5) is 26.7. The van der Waals surface area contributed by atoms with E-state index in [1.165, 1.54) is 49.0 Å². The van der Waals surface area contributed by atoms with Gasteiger partial charge >= 0.3 is 0 Å². The summed E-state index contributed by atoms with van der Waals surface area (Å²) in [5.74, 6) is 1.43. The van der Waals surface area contributed by atoms with Gasteiger partial charge in [0.1, 0.15) is 16.5 Å². The molecular formula is C29H33N5O2S. The van der Waals surface area contributed by atoms with E-state index in [1.54, 1.807) is 25.7 Å². The van der Waals surface area contributed by atoms with Crippen LogP contribution >= 0.6 is 11.3 Å². The summed E-state index contributed by atoms with van der Waals surface area (Å²) in [6.07, 6.45) is 12.1. The molecule has 0 unspecified atom stereocenters. The van der Waals surface area contributed by atoms with Crippen LogP contribution in [-0.4, -0.2) is 39.1 Å². The van der Waals surface area contributed by atoms with Gasteiger partial charge in [-0.1, -0.05) is 31.4 Å². The molecule has 0 spiro atoms. The Balaban J connectivity index is 1.41. The highest BCUT2D eigenvalue weighted by Crippen LogP contribution is 2.31. The number of carbonyl (C=O) groups excluding carboxylic acids is 1. The third-order valence-electron chi connectivity index (χ3n) is 7.22. The Morgan fingerprint density at radius 3 is 2.68 bits per heavy atom. The predicted molar refractivity (Wildman–Crippen MR) is 147 cm³/mol. The molecule has 1 aliphatic rings. The van der Waals surface area contributed by atoms with Crippen molar-refractivity contribution in [2.24, 2.45) is 5.92 Å². The molecular weight excluding hydrogens is 482 g/mol. The van der Waals surface area contributed by atoms with E-state index >= 15 is 0 Å². The standard InChI is InChI=1S/C29H33N5O2S/c1-20-24(28(35)32-17-22-6-4-3-5-7-22)16-27(26-19-37-29(33-26)25-18-30-13-14-31-25)34(20)15-12-21-8-10-23(36-2)11-9-21/h8-11,13-14,16,18-19,22H,3-7,12,15,17H2,1-2H3,(H,32,35). The summed E-state index contributed by atoms with van der Waals surface area (Å²) in [6, 6.07) is 10.1. The van der Waals surface area contributed by atoms with Crippen LogP contribution in [0.5, 0.6) is 5.75 Å². The first-order valence-electron chi connectivity index (χ1n) is 13.0. The molecule has 0 bridgehead atoms. The van der Waals surface area contributed by atoms with E-state index < -0.39 is 0 Å². The number of aromatic nitrogens is 4. The lowest BCUT2D eigenvalue weighted by molar-refractivity contribution is 0.0943. The van der Waals surface area contributed by atoms with Gasteiger partial charge in [0.15, 0.2) is 0 Å². The average Bonchev–Trinajstić information content (AvgIpc) is 3.57. The zero-order valence-corrected chi connectivity index (χ0v) is 22.3. The van der Waals surface area contributed by atoms with E-state index in [1.807, 2.05) is 30.5 Å². The van der Waals surface area contributed by atoms with Gasteiger partial charge in [0.25, 0.3) is 5.91 Å². The second-order valence-electron chi connectivity index (χ2n) is 9.62. The van der Waals surface area contributed by atoms with E-state index in [-0.39, 0.29) is 5.91 Å². The van der Waals surface area contributed by atoms with Crippen molar-refractivity contribution in [2.45, 2.75) is 52.0 Å². The number of carbonyl (C=O) groups is 1. The van der Waals surface area contributed by atoms with Crippen molar-refractivity contribution in [3.05, 3.63) is 71.1 Å². The van der Waals surface area contributed by atoms with Crippen molar-refractivity contribution in [1.29, 1.82) is 0 Å². The van der Waals surface area contributed by atoms with Crippen molar-refractivity contribution in [2.75, 3.05) is 13.7 Å². The maximum Gasteiger partial charge on any atom is 0.253 e. The Bertz CT molecular complexity index is 1320. The summed E-state index contributed by atoms with van der Waals surface area (Å²) >= 11 is 1.54. The number of hydrogen-bond donors (Lipinski definition) is 1. The third kappa shape index (κ3) is 5.91.